The molecule has 3 aromatic rings. The van der Waals surface area contributed by atoms with E-state index in [2.05, 4.69) is 15.5 Å². The number of hydrogen-bond donors (Lipinski definition) is 1. The highest BCUT2D eigenvalue weighted by Gasteiger charge is 2.34. The molecule has 1 amide bonds. The molecular weight excluding hydrogens is 474 g/mol. The van der Waals surface area contributed by atoms with Crippen molar-refractivity contribution in [2.24, 2.45) is 5.92 Å². The number of sulfonamides is 1. The van der Waals surface area contributed by atoms with E-state index >= 15 is 0 Å². The standard InChI is InChI=1S/C23H23N5O4S2/c24-12-15-6-8-19(9-7-15)25-22(29)17-5-2-10-28(13-17)34(30,31)20-11-18(14-33-20)21-26-23(32-27-21)16-3-1-4-16/h6-9,11,14,16-17H,1-5,10,13H2,(H,25,29)/t17-/m1/s1. The molecular formula is C23H23N5O4S2. The van der Waals surface area contributed by atoms with Gasteiger partial charge in [0.1, 0.15) is 4.21 Å². The maximum atomic E-state index is 13.3. The van der Waals surface area contributed by atoms with Gasteiger partial charge in [-0.15, -0.1) is 11.3 Å². The van der Waals surface area contributed by atoms with Gasteiger partial charge in [-0.2, -0.15) is 14.6 Å². The van der Waals surface area contributed by atoms with Crippen LogP contribution in [0.25, 0.3) is 11.4 Å². The molecule has 2 aliphatic rings. The Balaban J connectivity index is 1.27. The van der Waals surface area contributed by atoms with Crippen LogP contribution in [0.4, 0.5) is 5.69 Å². The summed E-state index contributed by atoms with van der Waals surface area (Å²) in [4.78, 5) is 17.2. The summed E-state index contributed by atoms with van der Waals surface area (Å²) in [6, 6.07) is 10.2. The lowest BCUT2D eigenvalue weighted by Gasteiger charge is -2.30. The smallest absolute Gasteiger partial charge is 0.252 e. The van der Waals surface area contributed by atoms with Crippen LogP contribution in [0.1, 0.15) is 49.5 Å². The minimum absolute atomic E-state index is 0.117. The Bertz CT molecular complexity index is 1340. The summed E-state index contributed by atoms with van der Waals surface area (Å²) in [7, 11) is -3.75. The van der Waals surface area contributed by atoms with E-state index in [1.54, 1.807) is 35.7 Å². The second-order valence-corrected chi connectivity index (χ2v) is 11.7. The van der Waals surface area contributed by atoms with Crippen molar-refractivity contribution in [2.75, 3.05) is 18.4 Å². The predicted molar refractivity (Wildman–Crippen MR) is 125 cm³/mol. The average Bonchev–Trinajstić information content (AvgIpc) is 3.49. The van der Waals surface area contributed by atoms with Gasteiger partial charge in [-0.25, -0.2) is 8.42 Å². The Morgan fingerprint density at radius 3 is 2.71 bits per heavy atom. The Morgan fingerprint density at radius 1 is 1.21 bits per heavy atom. The van der Waals surface area contributed by atoms with Crippen molar-refractivity contribution in [3.63, 3.8) is 0 Å². The Morgan fingerprint density at radius 2 is 2.00 bits per heavy atom. The van der Waals surface area contributed by atoms with Crippen LogP contribution >= 0.6 is 11.3 Å². The number of anilines is 1. The molecule has 0 unspecified atom stereocenters. The van der Waals surface area contributed by atoms with Gasteiger partial charge in [0.25, 0.3) is 10.0 Å². The average molecular weight is 498 g/mol. The van der Waals surface area contributed by atoms with E-state index in [-0.39, 0.29) is 16.7 Å². The summed E-state index contributed by atoms with van der Waals surface area (Å²) < 4.78 is 33.6. The molecule has 0 spiro atoms. The summed E-state index contributed by atoms with van der Waals surface area (Å²) in [6.07, 6.45) is 4.44. The lowest BCUT2D eigenvalue weighted by atomic mass is 9.85. The molecule has 1 saturated carbocycles. The number of nitrogens with one attached hydrogen (secondary N) is 1. The third-order valence-corrected chi connectivity index (χ3v) is 9.64. The molecule has 176 valence electrons. The zero-order valence-electron chi connectivity index (χ0n) is 18.3. The molecule has 0 radical (unpaired) electrons. The number of aromatic nitrogens is 2. The third kappa shape index (κ3) is 4.49. The minimum atomic E-state index is -3.75. The van der Waals surface area contributed by atoms with E-state index in [4.69, 9.17) is 9.78 Å². The van der Waals surface area contributed by atoms with Gasteiger partial charge in [0.05, 0.1) is 17.6 Å². The van der Waals surface area contributed by atoms with E-state index in [1.807, 2.05) is 6.07 Å². The van der Waals surface area contributed by atoms with Crippen LogP contribution in [0.3, 0.4) is 0 Å². The van der Waals surface area contributed by atoms with Crippen molar-refractivity contribution in [2.45, 2.75) is 42.2 Å². The number of hydrogen-bond acceptors (Lipinski definition) is 8. The van der Waals surface area contributed by atoms with Crippen LogP contribution in [0, 0.1) is 17.2 Å². The number of benzene rings is 1. The molecule has 1 aromatic carbocycles. The first-order valence-corrected chi connectivity index (χ1v) is 13.5. The number of rotatable bonds is 6. The van der Waals surface area contributed by atoms with Crippen LogP contribution in [-0.2, 0) is 14.8 Å². The van der Waals surface area contributed by atoms with E-state index in [0.29, 0.717) is 53.8 Å². The summed E-state index contributed by atoms with van der Waals surface area (Å²) >= 11 is 1.12. The number of nitriles is 1. The first-order chi connectivity index (χ1) is 16.4. The maximum Gasteiger partial charge on any atom is 0.252 e. The first kappa shape index (κ1) is 22.7. The molecule has 11 heteroatoms. The van der Waals surface area contributed by atoms with Crippen molar-refractivity contribution in [3.05, 3.63) is 47.2 Å². The molecule has 0 bridgehead atoms. The van der Waals surface area contributed by atoms with Crippen molar-refractivity contribution >= 4 is 33.0 Å². The number of thiophene rings is 1. The zero-order valence-corrected chi connectivity index (χ0v) is 19.9. The summed E-state index contributed by atoms with van der Waals surface area (Å²) in [5.41, 5.74) is 1.70. The molecule has 5 rings (SSSR count). The molecule has 9 nitrogen and oxygen atoms in total. The van der Waals surface area contributed by atoms with E-state index in [1.165, 1.54) is 4.31 Å². The number of nitrogens with zero attached hydrogens (tertiary/aromatic N) is 4. The van der Waals surface area contributed by atoms with Crippen molar-refractivity contribution < 1.29 is 17.7 Å². The van der Waals surface area contributed by atoms with Crippen LogP contribution in [0.15, 0.2) is 44.4 Å². The van der Waals surface area contributed by atoms with Crippen molar-refractivity contribution in [3.8, 4) is 17.5 Å². The fourth-order valence-electron chi connectivity index (χ4n) is 4.12. The minimum Gasteiger partial charge on any atom is -0.339 e. The summed E-state index contributed by atoms with van der Waals surface area (Å²) in [6.45, 7) is 0.482. The number of carbonyl (C=O) groups is 1. The van der Waals surface area contributed by atoms with E-state index < -0.39 is 15.9 Å². The van der Waals surface area contributed by atoms with Crippen LogP contribution in [0.2, 0.25) is 0 Å². The van der Waals surface area contributed by atoms with Gasteiger partial charge in [0, 0.05) is 35.6 Å². The molecule has 1 N–H and O–H groups in total. The van der Waals surface area contributed by atoms with E-state index in [9.17, 15) is 13.2 Å². The quantitative estimate of drug-likeness (QED) is 0.545. The Labute approximate surface area is 201 Å². The van der Waals surface area contributed by atoms with Gasteiger partial charge in [-0.1, -0.05) is 11.6 Å². The fourth-order valence-corrected chi connectivity index (χ4v) is 6.95. The van der Waals surface area contributed by atoms with E-state index in [0.717, 1.165) is 30.6 Å². The summed E-state index contributed by atoms with van der Waals surface area (Å²) in [5.74, 6) is 0.637. The van der Waals surface area contributed by atoms with Crippen LogP contribution in [-0.4, -0.2) is 41.9 Å². The highest BCUT2D eigenvalue weighted by atomic mass is 32.2. The lowest BCUT2D eigenvalue weighted by Crippen LogP contribution is -2.43. The third-order valence-electron chi connectivity index (χ3n) is 6.36. The molecule has 2 fully saturated rings. The number of carbonyl (C=O) groups excluding carboxylic acids is 1. The molecule has 1 aliphatic carbocycles. The lowest BCUT2D eigenvalue weighted by molar-refractivity contribution is -0.120. The molecule has 1 aliphatic heterocycles. The Kier molecular flexibility index (Phi) is 6.20. The fraction of sp³-hybridized carbons (Fsp3) is 0.391. The molecule has 3 heterocycles. The first-order valence-electron chi connectivity index (χ1n) is 11.2. The normalized spacial score (nSPS) is 19.3. The van der Waals surface area contributed by atoms with Gasteiger partial charge in [-0.3, -0.25) is 4.79 Å². The second kappa shape index (κ2) is 9.29. The highest BCUT2D eigenvalue weighted by molar-refractivity contribution is 7.91. The second-order valence-electron chi connectivity index (χ2n) is 8.62. The van der Waals surface area contributed by atoms with Gasteiger partial charge < -0.3 is 9.84 Å². The van der Waals surface area contributed by atoms with Gasteiger partial charge in [-0.05, 0) is 56.0 Å². The summed E-state index contributed by atoms with van der Waals surface area (Å²) in [5, 5.41) is 17.5. The molecule has 1 saturated heterocycles. The molecule has 1 atom stereocenters. The van der Waals surface area contributed by atoms with Gasteiger partial charge in [0.2, 0.25) is 17.6 Å². The highest BCUT2D eigenvalue weighted by Crippen LogP contribution is 2.37. The van der Waals surface area contributed by atoms with Gasteiger partial charge >= 0.3 is 0 Å². The van der Waals surface area contributed by atoms with Crippen molar-refractivity contribution in [1.29, 1.82) is 5.26 Å². The van der Waals surface area contributed by atoms with Gasteiger partial charge in [0.15, 0.2) is 0 Å². The van der Waals surface area contributed by atoms with Crippen LogP contribution < -0.4 is 5.32 Å². The number of piperidine rings is 1. The maximum absolute atomic E-state index is 13.3. The monoisotopic (exact) mass is 497 g/mol. The topological polar surface area (TPSA) is 129 Å². The Hall–Kier alpha value is -3.07. The van der Waals surface area contributed by atoms with Crippen LogP contribution in [0.5, 0.6) is 0 Å². The zero-order chi connectivity index (χ0) is 23.7. The SMILES string of the molecule is N#Cc1ccc(NC(=O)[C@@H]2CCCN(S(=O)(=O)c3cc(-c4noc(C5CCC5)n4)cs3)C2)cc1. The molecule has 34 heavy (non-hydrogen) atoms. The molecule has 2 aromatic heterocycles. The van der Waals surface area contributed by atoms with Crippen molar-refractivity contribution in [1.82, 2.24) is 14.4 Å². The number of amides is 1. The largest absolute Gasteiger partial charge is 0.339 e. The predicted octanol–water partition coefficient (Wildman–Crippen LogP) is 3.98.